The summed E-state index contributed by atoms with van der Waals surface area (Å²) in [7, 11) is 0. The summed E-state index contributed by atoms with van der Waals surface area (Å²) < 4.78 is 97.3. The van der Waals surface area contributed by atoms with Crippen LogP contribution in [0.2, 0.25) is 0 Å². The van der Waals surface area contributed by atoms with Gasteiger partial charge in [0, 0.05) is 38.1 Å². The van der Waals surface area contributed by atoms with Crippen molar-refractivity contribution in [2.45, 2.75) is 44.7 Å². The van der Waals surface area contributed by atoms with Gasteiger partial charge in [-0.1, -0.05) is 0 Å². The van der Waals surface area contributed by atoms with Crippen LogP contribution in [0.25, 0.3) is 22.2 Å². The Morgan fingerprint density at radius 1 is 1.13 bits per heavy atom. The predicted molar refractivity (Wildman–Crippen MR) is 148 cm³/mol. The third-order valence-corrected chi connectivity index (χ3v) is 7.32. The van der Waals surface area contributed by atoms with Crippen molar-refractivity contribution in [3.05, 3.63) is 74.4 Å². The lowest BCUT2D eigenvalue weighted by atomic mass is 10.0. The molecule has 4 heterocycles. The van der Waals surface area contributed by atoms with Crippen LogP contribution in [0.3, 0.4) is 0 Å². The molecule has 5 rings (SSSR count). The number of hydrogen-bond donors (Lipinski definition) is 2. The van der Waals surface area contributed by atoms with Crippen LogP contribution in [-0.4, -0.2) is 43.9 Å². The average molecular weight is 637 g/mol. The van der Waals surface area contributed by atoms with E-state index in [1.54, 1.807) is 12.0 Å². The van der Waals surface area contributed by atoms with Gasteiger partial charge in [0.1, 0.15) is 22.8 Å². The maximum Gasteiger partial charge on any atom is 0.423 e. The number of nitrogens with zero attached hydrogens (tertiary/aromatic N) is 6. The van der Waals surface area contributed by atoms with Gasteiger partial charge < -0.3 is 14.8 Å². The lowest BCUT2D eigenvalue weighted by Gasteiger charge is -2.37. The normalized spacial score (nSPS) is 14.7. The van der Waals surface area contributed by atoms with Gasteiger partial charge in [0.05, 0.1) is 34.8 Å². The van der Waals surface area contributed by atoms with E-state index < -0.39 is 63.9 Å². The zero-order valence-corrected chi connectivity index (χ0v) is 23.3. The van der Waals surface area contributed by atoms with Gasteiger partial charge in [0.15, 0.2) is 5.82 Å². The number of nitriles is 1. The summed E-state index contributed by atoms with van der Waals surface area (Å²) in [5.41, 5.74) is -5.16. The van der Waals surface area contributed by atoms with E-state index in [9.17, 15) is 35.9 Å². The van der Waals surface area contributed by atoms with Gasteiger partial charge in [-0.2, -0.15) is 36.7 Å². The molecule has 45 heavy (non-hydrogen) atoms. The summed E-state index contributed by atoms with van der Waals surface area (Å²) in [6, 6.07) is 5.15. The van der Waals surface area contributed by atoms with Crippen LogP contribution >= 0.6 is 0 Å². The lowest BCUT2D eigenvalue weighted by molar-refractivity contribution is -0.138. The molecule has 1 atom stereocenters. The molecule has 1 aliphatic rings. The van der Waals surface area contributed by atoms with Crippen molar-refractivity contribution in [1.82, 2.24) is 24.7 Å². The first-order chi connectivity index (χ1) is 21.2. The number of hydrogen-bond acceptors (Lipinski definition) is 8. The molecule has 1 unspecified atom stereocenters. The summed E-state index contributed by atoms with van der Waals surface area (Å²) in [6.45, 7) is 1.79. The van der Waals surface area contributed by atoms with E-state index in [1.165, 1.54) is 27.8 Å². The Labute approximate surface area is 249 Å². The Morgan fingerprint density at radius 2 is 1.87 bits per heavy atom. The van der Waals surface area contributed by atoms with E-state index in [4.69, 9.17) is 5.26 Å². The van der Waals surface area contributed by atoms with Crippen molar-refractivity contribution < 1.29 is 30.7 Å². The third kappa shape index (κ3) is 6.44. The fourth-order valence-electron chi connectivity index (χ4n) is 5.02. The van der Waals surface area contributed by atoms with Crippen molar-refractivity contribution >= 4 is 22.3 Å². The second kappa shape index (κ2) is 11.8. The fraction of sp³-hybridized carbons (Fsp3) is 0.357. The summed E-state index contributed by atoms with van der Waals surface area (Å²) in [5, 5.41) is 17.1. The quantitative estimate of drug-likeness (QED) is 0.260. The summed E-state index contributed by atoms with van der Waals surface area (Å²) in [6.07, 6.45) is -6.20. The second-order valence-corrected chi connectivity index (χ2v) is 10.6. The molecule has 4 aromatic rings. The van der Waals surface area contributed by atoms with Crippen LogP contribution in [0.4, 0.5) is 42.2 Å². The molecule has 1 aliphatic heterocycles. The molecular weight excluding hydrogens is 613 g/mol. The molecule has 0 spiro atoms. The molecule has 17 heteroatoms. The third-order valence-electron chi connectivity index (χ3n) is 7.32. The number of benzene rings is 1. The number of aryl methyl sites for hydroxylation is 1. The van der Waals surface area contributed by atoms with Gasteiger partial charge in [-0.15, -0.1) is 0 Å². The van der Waals surface area contributed by atoms with Crippen LogP contribution in [0, 0.1) is 23.1 Å². The molecule has 236 valence electrons. The van der Waals surface area contributed by atoms with Crippen LogP contribution in [0.1, 0.15) is 30.9 Å². The van der Waals surface area contributed by atoms with E-state index in [1.807, 2.05) is 6.07 Å². The van der Waals surface area contributed by atoms with Crippen molar-refractivity contribution in [3.63, 3.8) is 0 Å². The number of rotatable bonds is 8. The zero-order valence-electron chi connectivity index (χ0n) is 23.3. The Bertz CT molecular complexity index is 1910. The Kier molecular flexibility index (Phi) is 8.25. The molecule has 1 fully saturated rings. The number of halogens is 7. The second-order valence-electron chi connectivity index (χ2n) is 10.6. The molecule has 3 aromatic heterocycles. The number of fused-ring (bicyclic) bond motifs is 1. The molecule has 0 saturated carbocycles. The van der Waals surface area contributed by atoms with E-state index >= 15 is 4.39 Å². The number of alkyl halides is 6. The first-order valence-corrected chi connectivity index (χ1v) is 13.5. The largest absolute Gasteiger partial charge is 0.423 e. The number of aromatic nitrogens is 5. The highest BCUT2D eigenvalue weighted by Gasteiger charge is 2.40. The van der Waals surface area contributed by atoms with Crippen molar-refractivity contribution in [2.75, 3.05) is 23.3 Å². The number of H-pyrrole nitrogens is 1. The van der Waals surface area contributed by atoms with E-state index in [0.717, 1.165) is 12.3 Å². The Morgan fingerprint density at radius 3 is 2.53 bits per heavy atom. The average Bonchev–Trinajstić information content (AvgIpc) is 2.92. The predicted octanol–water partition coefficient (Wildman–Crippen LogP) is 4.96. The highest BCUT2D eigenvalue weighted by molar-refractivity contribution is 5.86. The fourth-order valence-corrected chi connectivity index (χ4v) is 5.02. The number of nitrogens with one attached hydrogen (secondary N) is 2. The highest BCUT2D eigenvalue weighted by atomic mass is 19.4. The maximum absolute atomic E-state index is 15.3. The van der Waals surface area contributed by atoms with Crippen LogP contribution in [0.15, 0.2) is 46.4 Å². The minimum absolute atomic E-state index is 0.0129. The van der Waals surface area contributed by atoms with Crippen LogP contribution in [-0.2, 0) is 18.9 Å². The minimum atomic E-state index is -4.90. The smallest absolute Gasteiger partial charge is 0.381 e. The molecule has 10 nitrogen and oxygen atoms in total. The standard InChI is InChI=1S/C28H23F7N8O2/c1-14(39-21-11-38-41-25(44)22(21)28(33,34)35)3-2-5-42-6-4-16-7-18(20(29)8-17(16)26(42)45)23-37-10-19(27(30,31)32)24(40-23)43-12-15(9-36)13-43/h4,6-8,10-11,14-15H,2-3,5,12-13H2,1H3,(H2,39,41,44). The molecule has 0 radical (unpaired) electrons. The summed E-state index contributed by atoms with van der Waals surface area (Å²) in [4.78, 5) is 33.8. The van der Waals surface area contributed by atoms with Gasteiger partial charge in [0.25, 0.3) is 11.1 Å². The van der Waals surface area contributed by atoms with Gasteiger partial charge in [0.2, 0.25) is 0 Å². The molecule has 2 N–H and O–H groups in total. The summed E-state index contributed by atoms with van der Waals surface area (Å²) in [5.74, 6) is -2.19. The Balaban J connectivity index is 1.34. The molecule has 1 saturated heterocycles. The molecular formula is C28H23F7N8O2. The highest BCUT2D eigenvalue weighted by Crippen LogP contribution is 2.39. The molecule has 0 bridgehead atoms. The Hall–Kier alpha value is -5.01. The first-order valence-electron chi connectivity index (χ1n) is 13.5. The van der Waals surface area contributed by atoms with Crippen molar-refractivity contribution in [3.8, 4) is 17.5 Å². The summed E-state index contributed by atoms with van der Waals surface area (Å²) >= 11 is 0. The van der Waals surface area contributed by atoms with E-state index in [2.05, 4.69) is 20.4 Å². The number of aromatic amines is 1. The van der Waals surface area contributed by atoms with E-state index in [-0.39, 0.29) is 41.8 Å². The van der Waals surface area contributed by atoms with Crippen molar-refractivity contribution in [1.29, 1.82) is 5.26 Å². The maximum atomic E-state index is 15.3. The number of pyridine rings is 1. The van der Waals surface area contributed by atoms with Gasteiger partial charge in [-0.05, 0) is 43.4 Å². The minimum Gasteiger partial charge on any atom is -0.381 e. The monoisotopic (exact) mass is 636 g/mol. The van der Waals surface area contributed by atoms with Crippen LogP contribution < -0.4 is 21.3 Å². The number of anilines is 2. The SMILES string of the molecule is CC(CCCn1ccc2cc(-c3ncc(C(F)(F)F)c(N4CC(C#N)C4)n3)c(F)cc2c1=O)Nc1cn[nH]c(=O)c1C(F)(F)F. The van der Waals surface area contributed by atoms with Gasteiger partial charge >= 0.3 is 12.4 Å². The topological polar surface area (TPSA) is 133 Å². The van der Waals surface area contributed by atoms with E-state index in [0.29, 0.717) is 19.0 Å². The lowest BCUT2D eigenvalue weighted by Crippen LogP contribution is -2.47. The molecule has 0 aliphatic carbocycles. The first kappa shape index (κ1) is 31.4. The zero-order chi connectivity index (χ0) is 32.7. The van der Waals surface area contributed by atoms with Crippen molar-refractivity contribution in [2.24, 2.45) is 5.92 Å². The van der Waals surface area contributed by atoms with Gasteiger partial charge in [-0.3, -0.25) is 9.59 Å². The van der Waals surface area contributed by atoms with Crippen LogP contribution in [0.5, 0.6) is 0 Å². The molecule has 1 aromatic carbocycles. The molecule has 0 amide bonds. The van der Waals surface area contributed by atoms with Gasteiger partial charge in [-0.25, -0.2) is 19.5 Å².